The number of carboxylic acids is 1. The second-order valence-electron chi connectivity index (χ2n) is 4.37. The first kappa shape index (κ1) is 17.8. The van der Waals surface area contributed by atoms with E-state index >= 15 is 0 Å². The van der Waals surface area contributed by atoms with Gasteiger partial charge < -0.3 is 14.6 Å². The molecule has 1 rings (SSSR count). The van der Waals surface area contributed by atoms with Crippen LogP contribution in [0.2, 0.25) is 0 Å². The van der Waals surface area contributed by atoms with E-state index in [0.717, 1.165) is 4.31 Å². The van der Waals surface area contributed by atoms with Crippen LogP contribution in [0, 0.1) is 0 Å². The smallest absolute Gasteiger partial charge is 0.321 e. The monoisotopic (exact) mass is 324 g/mol. The van der Waals surface area contributed by atoms with Crippen LogP contribution >= 0.6 is 0 Å². The molecule has 2 N–H and O–H groups in total. The molecule has 0 aromatic carbocycles. The number of nitrogens with zero attached hydrogens (tertiary/aromatic N) is 1. The summed E-state index contributed by atoms with van der Waals surface area (Å²) < 4.78 is 37.0. The van der Waals surface area contributed by atoms with Crippen molar-refractivity contribution in [2.75, 3.05) is 32.9 Å². The molecule has 1 heterocycles. The molecule has 9 nitrogen and oxygen atoms in total. The van der Waals surface area contributed by atoms with Crippen molar-refractivity contribution in [1.29, 1.82) is 0 Å². The minimum atomic E-state index is -3.92. The number of aliphatic carboxylic acids is 1. The van der Waals surface area contributed by atoms with Crippen molar-refractivity contribution in [2.24, 2.45) is 0 Å². The Bertz CT molecular complexity index is 459. The molecule has 0 spiro atoms. The number of carbonyl (C=O) groups excluding carboxylic acids is 1. The Labute approximate surface area is 123 Å². The molecule has 0 saturated carbocycles. The molecule has 1 aliphatic heterocycles. The van der Waals surface area contributed by atoms with Gasteiger partial charge in [-0.3, -0.25) is 9.59 Å². The molecular formula is C11H20N2O7S. The van der Waals surface area contributed by atoms with Gasteiger partial charge in [0.2, 0.25) is 0 Å². The lowest BCUT2D eigenvalue weighted by Crippen LogP contribution is -2.51. The normalized spacial score (nSPS) is 18.1. The molecule has 0 unspecified atom stereocenters. The standard InChI is InChI=1S/C11H20N2O7S/c1-2-20-10(14)4-3-9(11(15)16)12-21(17,18)13-5-7-19-8-6-13/h9,12H,2-8H2,1H3,(H,15,16)/t9-/m0/s1. The van der Waals surface area contributed by atoms with Crippen LogP contribution in [-0.4, -0.2) is 68.7 Å². The maximum absolute atomic E-state index is 12.1. The first-order valence-corrected chi connectivity index (χ1v) is 8.04. The summed E-state index contributed by atoms with van der Waals surface area (Å²) in [5, 5.41) is 9.06. The lowest BCUT2D eigenvalue weighted by atomic mass is 10.2. The van der Waals surface area contributed by atoms with Crippen LogP contribution in [-0.2, 0) is 29.3 Å². The quantitative estimate of drug-likeness (QED) is 0.546. The topological polar surface area (TPSA) is 122 Å². The van der Waals surface area contributed by atoms with Gasteiger partial charge in [-0.2, -0.15) is 17.4 Å². The van der Waals surface area contributed by atoms with Gasteiger partial charge in [-0.25, -0.2) is 0 Å². The summed E-state index contributed by atoms with van der Waals surface area (Å²) in [5.74, 6) is -1.90. The van der Waals surface area contributed by atoms with E-state index in [1.165, 1.54) is 0 Å². The Balaban J connectivity index is 2.60. The van der Waals surface area contributed by atoms with Crippen molar-refractivity contribution in [3.05, 3.63) is 0 Å². The minimum Gasteiger partial charge on any atom is -0.480 e. The fourth-order valence-corrected chi connectivity index (χ4v) is 3.13. The van der Waals surface area contributed by atoms with Crippen LogP contribution in [0.3, 0.4) is 0 Å². The number of ether oxygens (including phenoxy) is 2. The third-order valence-corrected chi connectivity index (χ3v) is 4.47. The molecule has 1 aliphatic rings. The largest absolute Gasteiger partial charge is 0.480 e. The molecule has 122 valence electrons. The SMILES string of the molecule is CCOC(=O)CC[C@H](NS(=O)(=O)N1CCOCC1)C(=O)O. The van der Waals surface area contributed by atoms with E-state index in [1.54, 1.807) is 6.92 Å². The molecule has 0 aliphatic carbocycles. The Morgan fingerprint density at radius 2 is 2.00 bits per heavy atom. The van der Waals surface area contributed by atoms with Crippen LogP contribution in [0.15, 0.2) is 0 Å². The summed E-state index contributed by atoms with van der Waals surface area (Å²) in [6.07, 6.45) is -0.339. The van der Waals surface area contributed by atoms with Gasteiger partial charge in [0.05, 0.1) is 19.8 Å². The molecular weight excluding hydrogens is 304 g/mol. The van der Waals surface area contributed by atoms with Gasteiger partial charge in [0.1, 0.15) is 6.04 Å². The average Bonchev–Trinajstić information content (AvgIpc) is 2.44. The maximum atomic E-state index is 12.1. The van der Waals surface area contributed by atoms with E-state index in [2.05, 4.69) is 9.46 Å². The van der Waals surface area contributed by atoms with Gasteiger partial charge in [0, 0.05) is 19.5 Å². The number of hydrogen-bond acceptors (Lipinski definition) is 6. The Morgan fingerprint density at radius 1 is 1.38 bits per heavy atom. The van der Waals surface area contributed by atoms with Crippen molar-refractivity contribution in [2.45, 2.75) is 25.8 Å². The predicted octanol–water partition coefficient (Wildman–Crippen LogP) is -1.05. The molecule has 1 saturated heterocycles. The maximum Gasteiger partial charge on any atom is 0.321 e. The zero-order chi connectivity index (χ0) is 15.9. The second-order valence-corrected chi connectivity index (χ2v) is 6.07. The molecule has 0 bridgehead atoms. The number of carbonyl (C=O) groups is 2. The van der Waals surface area contributed by atoms with Crippen molar-refractivity contribution in [3.63, 3.8) is 0 Å². The van der Waals surface area contributed by atoms with E-state index in [1.807, 2.05) is 0 Å². The molecule has 0 aromatic rings. The van der Waals surface area contributed by atoms with Gasteiger partial charge in [0.25, 0.3) is 10.2 Å². The molecule has 10 heteroatoms. The Kier molecular flexibility index (Phi) is 7.02. The lowest BCUT2D eigenvalue weighted by Gasteiger charge is -2.27. The lowest BCUT2D eigenvalue weighted by molar-refractivity contribution is -0.144. The molecule has 0 radical (unpaired) electrons. The van der Waals surface area contributed by atoms with E-state index < -0.39 is 28.2 Å². The number of nitrogens with one attached hydrogen (secondary N) is 1. The van der Waals surface area contributed by atoms with E-state index in [9.17, 15) is 18.0 Å². The number of hydrogen-bond donors (Lipinski definition) is 2. The highest BCUT2D eigenvalue weighted by molar-refractivity contribution is 7.87. The van der Waals surface area contributed by atoms with Gasteiger partial charge in [-0.1, -0.05) is 0 Å². The number of carboxylic acid groups (broad SMARTS) is 1. The molecule has 1 atom stereocenters. The number of rotatable bonds is 8. The fourth-order valence-electron chi connectivity index (χ4n) is 1.77. The van der Waals surface area contributed by atoms with Crippen molar-refractivity contribution in [3.8, 4) is 0 Å². The van der Waals surface area contributed by atoms with Crippen LogP contribution in [0.25, 0.3) is 0 Å². The fraction of sp³-hybridized carbons (Fsp3) is 0.818. The van der Waals surface area contributed by atoms with Crippen molar-refractivity contribution in [1.82, 2.24) is 9.03 Å². The number of esters is 1. The summed E-state index contributed by atoms with van der Waals surface area (Å²) in [6.45, 7) is 2.69. The highest BCUT2D eigenvalue weighted by Gasteiger charge is 2.30. The van der Waals surface area contributed by atoms with Crippen molar-refractivity contribution < 1.29 is 32.6 Å². The minimum absolute atomic E-state index is 0.166. The first-order valence-electron chi connectivity index (χ1n) is 6.60. The second kappa shape index (κ2) is 8.27. The zero-order valence-corrected chi connectivity index (χ0v) is 12.6. The first-order chi connectivity index (χ1) is 9.86. The average molecular weight is 324 g/mol. The van der Waals surface area contributed by atoms with E-state index in [0.29, 0.717) is 0 Å². The summed E-state index contributed by atoms with van der Waals surface area (Å²) >= 11 is 0. The summed E-state index contributed by atoms with van der Waals surface area (Å²) in [7, 11) is -3.92. The Morgan fingerprint density at radius 3 is 2.52 bits per heavy atom. The highest BCUT2D eigenvalue weighted by atomic mass is 32.2. The van der Waals surface area contributed by atoms with Gasteiger partial charge in [-0.15, -0.1) is 0 Å². The third kappa shape index (κ3) is 5.96. The summed E-state index contributed by atoms with van der Waals surface area (Å²) in [4.78, 5) is 22.3. The third-order valence-electron chi connectivity index (χ3n) is 2.84. The van der Waals surface area contributed by atoms with Gasteiger partial charge >= 0.3 is 11.9 Å². The van der Waals surface area contributed by atoms with Crippen LogP contribution in [0.4, 0.5) is 0 Å². The highest BCUT2D eigenvalue weighted by Crippen LogP contribution is 2.07. The molecule has 21 heavy (non-hydrogen) atoms. The Hall–Kier alpha value is -1.23. The number of morpholine rings is 1. The van der Waals surface area contributed by atoms with Crippen LogP contribution in [0.5, 0.6) is 0 Å². The molecule has 1 fully saturated rings. The predicted molar refractivity (Wildman–Crippen MR) is 71.7 cm³/mol. The summed E-state index contributed by atoms with van der Waals surface area (Å²) in [5.41, 5.74) is 0. The molecule has 0 aromatic heterocycles. The van der Waals surface area contributed by atoms with E-state index in [-0.39, 0.29) is 45.8 Å². The zero-order valence-electron chi connectivity index (χ0n) is 11.8. The van der Waals surface area contributed by atoms with E-state index in [4.69, 9.17) is 9.84 Å². The van der Waals surface area contributed by atoms with Crippen LogP contribution in [0.1, 0.15) is 19.8 Å². The van der Waals surface area contributed by atoms with Gasteiger partial charge in [0.15, 0.2) is 0 Å². The van der Waals surface area contributed by atoms with Crippen LogP contribution < -0.4 is 4.72 Å². The molecule has 0 amide bonds. The summed E-state index contributed by atoms with van der Waals surface area (Å²) in [6, 6.07) is -1.37. The van der Waals surface area contributed by atoms with Crippen molar-refractivity contribution >= 4 is 22.1 Å². The van der Waals surface area contributed by atoms with Gasteiger partial charge in [-0.05, 0) is 13.3 Å².